The molecule has 0 atom stereocenters. The molecule has 0 spiro atoms. The zero-order valence-electron chi connectivity index (χ0n) is 9.86. The average molecular weight is 226 g/mol. The molecule has 0 saturated carbocycles. The van der Waals surface area contributed by atoms with Crippen LogP contribution in [0.2, 0.25) is 0 Å². The van der Waals surface area contributed by atoms with Crippen LogP contribution in [0.15, 0.2) is 18.2 Å². The standard InChI is InChI=1S/C10H12O4.C2H6/c1-14-9-4-2-7(6-8(9)11)3-5-10(12)13;1-2/h2,4,6,11H,3,5H2,1H3,(H,12,13);1-2H3. The molecule has 0 aliphatic heterocycles. The van der Waals surface area contributed by atoms with E-state index in [0.717, 1.165) is 5.56 Å². The Morgan fingerprint density at radius 2 is 2.00 bits per heavy atom. The molecule has 1 aromatic rings. The molecule has 0 heterocycles. The number of hydrogen-bond acceptors (Lipinski definition) is 3. The predicted octanol–water partition coefficient (Wildman–Crippen LogP) is 2.44. The number of carbonyl (C=O) groups is 1. The van der Waals surface area contributed by atoms with Crippen molar-refractivity contribution < 1.29 is 19.7 Å². The second-order valence-electron chi connectivity index (χ2n) is 2.90. The van der Waals surface area contributed by atoms with E-state index >= 15 is 0 Å². The molecule has 0 amide bonds. The molecule has 0 unspecified atom stereocenters. The van der Waals surface area contributed by atoms with Gasteiger partial charge in [-0.2, -0.15) is 0 Å². The molecule has 0 bridgehead atoms. The predicted molar refractivity (Wildman–Crippen MR) is 62.0 cm³/mol. The van der Waals surface area contributed by atoms with Gasteiger partial charge in [0.1, 0.15) is 0 Å². The fourth-order valence-electron chi connectivity index (χ4n) is 1.14. The van der Waals surface area contributed by atoms with Crippen molar-refractivity contribution >= 4 is 5.97 Å². The van der Waals surface area contributed by atoms with Gasteiger partial charge in [-0.1, -0.05) is 19.9 Å². The minimum Gasteiger partial charge on any atom is -0.504 e. The van der Waals surface area contributed by atoms with Crippen molar-refractivity contribution in [2.24, 2.45) is 0 Å². The monoisotopic (exact) mass is 226 g/mol. The summed E-state index contributed by atoms with van der Waals surface area (Å²) in [5.74, 6) is -0.417. The lowest BCUT2D eigenvalue weighted by molar-refractivity contribution is -0.136. The fourth-order valence-corrected chi connectivity index (χ4v) is 1.14. The first-order valence-corrected chi connectivity index (χ1v) is 5.21. The van der Waals surface area contributed by atoms with Gasteiger partial charge in [-0.15, -0.1) is 0 Å². The largest absolute Gasteiger partial charge is 0.504 e. The molecule has 0 saturated heterocycles. The highest BCUT2D eigenvalue weighted by Crippen LogP contribution is 2.26. The van der Waals surface area contributed by atoms with Crippen LogP contribution in [0.4, 0.5) is 0 Å². The van der Waals surface area contributed by atoms with Crippen molar-refractivity contribution in [2.75, 3.05) is 7.11 Å². The number of carboxylic acid groups (broad SMARTS) is 1. The maximum Gasteiger partial charge on any atom is 0.303 e. The second-order valence-corrected chi connectivity index (χ2v) is 2.90. The van der Waals surface area contributed by atoms with Crippen LogP contribution in [0.1, 0.15) is 25.8 Å². The molecule has 0 radical (unpaired) electrons. The summed E-state index contributed by atoms with van der Waals surface area (Å²) in [6.07, 6.45) is 0.471. The van der Waals surface area contributed by atoms with Crippen LogP contribution in [0, 0.1) is 0 Å². The van der Waals surface area contributed by atoms with Gasteiger partial charge in [-0.25, -0.2) is 0 Å². The smallest absolute Gasteiger partial charge is 0.303 e. The van der Waals surface area contributed by atoms with Crippen LogP contribution in [0.5, 0.6) is 11.5 Å². The van der Waals surface area contributed by atoms with Gasteiger partial charge in [0, 0.05) is 6.42 Å². The van der Waals surface area contributed by atoms with Crippen LogP contribution in [0.3, 0.4) is 0 Å². The van der Waals surface area contributed by atoms with Gasteiger partial charge in [-0.3, -0.25) is 4.79 Å². The maximum atomic E-state index is 10.3. The van der Waals surface area contributed by atoms with E-state index in [1.807, 2.05) is 13.8 Å². The number of aliphatic carboxylic acids is 1. The number of hydrogen-bond donors (Lipinski definition) is 2. The molecule has 1 aromatic carbocycles. The van der Waals surface area contributed by atoms with Crippen molar-refractivity contribution in [1.82, 2.24) is 0 Å². The van der Waals surface area contributed by atoms with Gasteiger partial charge in [0.05, 0.1) is 7.11 Å². The number of phenolic OH excluding ortho intramolecular Hbond substituents is 1. The van der Waals surface area contributed by atoms with Crippen LogP contribution in [-0.4, -0.2) is 23.3 Å². The van der Waals surface area contributed by atoms with Crippen molar-refractivity contribution in [1.29, 1.82) is 0 Å². The molecule has 90 valence electrons. The number of aromatic hydroxyl groups is 1. The Labute approximate surface area is 95.5 Å². The quantitative estimate of drug-likeness (QED) is 0.827. The summed E-state index contributed by atoms with van der Waals surface area (Å²) in [6, 6.07) is 4.87. The van der Waals surface area contributed by atoms with Crippen molar-refractivity contribution in [3.63, 3.8) is 0 Å². The van der Waals surface area contributed by atoms with Gasteiger partial charge in [0.2, 0.25) is 0 Å². The van der Waals surface area contributed by atoms with E-state index in [4.69, 9.17) is 9.84 Å². The number of aryl methyl sites for hydroxylation is 1. The molecule has 0 fully saturated rings. The van der Waals surface area contributed by atoms with Crippen molar-refractivity contribution in [2.45, 2.75) is 26.7 Å². The lowest BCUT2D eigenvalue weighted by Gasteiger charge is -2.04. The number of rotatable bonds is 4. The lowest BCUT2D eigenvalue weighted by Crippen LogP contribution is -1.97. The first kappa shape index (κ1) is 14.3. The number of phenols is 1. The Morgan fingerprint density at radius 1 is 1.38 bits per heavy atom. The zero-order chi connectivity index (χ0) is 12.6. The summed E-state index contributed by atoms with van der Waals surface area (Å²) in [6.45, 7) is 4.00. The van der Waals surface area contributed by atoms with Crippen LogP contribution in [-0.2, 0) is 11.2 Å². The minimum absolute atomic E-state index is 0.0374. The zero-order valence-corrected chi connectivity index (χ0v) is 9.86. The normalized spacial score (nSPS) is 8.94. The van der Waals surface area contributed by atoms with Crippen LogP contribution < -0.4 is 4.74 Å². The van der Waals surface area contributed by atoms with Gasteiger partial charge >= 0.3 is 5.97 Å². The van der Waals surface area contributed by atoms with Gasteiger partial charge < -0.3 is 14.9 Å². The van der Waals surface area contributed by atoms with E-state index in [2.05, 4.69) is 0 Å². The van der Waals surface area contributed by atoms with Crippen molar-refractivity contribution in [3.05, 3.63) is 23.8 Å². The second kappa shape index (κ2) is 7.56. The first-order valence-electron chi connectivity index (χ1n) is 5.21. The number of ether oxygens (including phenoxy) is 1. The van der Waals surface area contributed by atoms with Crippen LogP contribution >= 0.6 is 0 Å². The Morgan fingerprint density at radius 3 is 2.44 bits per heavy atom. The highest BCUT2D eigenvalue weighted by molar-refractivity contribution is 5.67. The molecule has 16 heavy (non-hydrogen) atoms. The number of benzene rings is 1. The summed E-state index contributed by atoms with van der Waals surface area (Å²) in [5, 5.41) is 17.8. The third kappa shape index (κ3) is 4.68. The molecule has 0 aliphatic carbocycles. The summed E-state index contributed by atoms with van der Waals surface area (Å²) >= 11 is 0. The Hall–Kier alpha value is -1.71. The summed E-state index contributed by atoms with van der Waals surface area (Å²) < 4.78 is 4.86. The summed E-state index contributed by atoms with van der Waals surface area (Å²) in [4.78, 5) is 10.3. The molecular formula is C12H18O4. The van der Waals surface area contributed by atoms with Crippen LogP contribution in [0.25, 0.3) is 0 Å². The molecule has 1 rings (SSSR count). The molecule has 2 N–H and O–H groups in total. The molecule has 4 nitrogen and oxygen atoms in total. The Balaban J connectivity index is 0.00000106. The maximum absolute atomic E-state index is 10.3. The third-order valence-electron chi connectivity index (χ3n) is 1.87. The van der Waals surface area contributed by atoms with Gasteiger partial charge in [0.25, 0.3) is 0 Å². The van der Waals surface area contributed by atoms with Gasteiger partial charge in [0.15, 0.2) is 11.5 Å². The molecule has 0 aromatic heterocycles. The third-order valence-corrected chi connectivity index (χ3v) is 1.87. The SMILES string of the molecule is CC.COc1ccc(CCC(=O)O)cc1O. The topological polar surface area (TPSA) is 66.8 Å². The van der Waals surface area contributed by atoms with Gasteiger partial charge in [-0.05, 0) is 24.1 Å². The van der Waals surface area contributed by atoms with E-state index < -0.39 is 5.97 Å². The Kier molecular flexibility index (Phi) is 6.76. The average Bonchev–Trinajstić information content (AvgIpc) is 2.29. The number of methoxy groups -OCH3 is 1. The number of carboxylic acids is 1. The highest BCUT2D eigenvalue weighted by Gasteiger charge is 2.04. The van der Waals surface area contributed by atoms with E-state index in [1.54, 1.807) is 12.1 Å². The molecule has 4 heteroatoms. The first-order chi connectivity index (χ1) is 7.63. The Bertz CT molecular complexity index is 334. The van der Waals surface area contributed by atoms with E-state index in [1.165, 1.54) is 13.2 Å². The van der Waals surface area contributed by atoms with E-state index in [9.17, 15) is 9.90 Å². The van der Waals surface area contributed by atoms with Crippen molar-refractivity contribution in [3.8, 4) is 11.5 Å². The highest BCUT2D eigenvalue weighted by atomic mass is 16.5. The minimum atomic E-state index is -0.847. The summed E-state index contributed by atoms with van der Waals surface area (Å²) in [7, 11) is 1.46. The molecule has 0 aliphatic rings. The molecular weight excluding hydrogens is 208 g/mol. The lowest BCUT2D eigenvalue weighted by atomic mass is 10.1. The summed E-state index contributed by atoms with van der Waals surface area (Å²) in [5.41, 5.74) is 0.783. The van der Waals surface area contributed by atoms with E-state index in [-0.39, 0.29) is 12.2 Å². The van der Waals surface area contributed by atoms with E-state index in [0.29, 0.717) is 12.2 Å². The fraction of sp³-hybridized carbons (Fsp3) is 0.417.